The first-order valence-electron chi connectivity index (χ1n) is 5.85. The predicted octanol–water partition coefficient (Wildman–Crippen LogP) is -1.08. The van der Waals surface area contributed by atoms with Gasteiger partial charge in [-0.25, -0.2) is 4.98 Å². The fourth-order valence-electron chi connectivity index (χ4n) is 1.26. The van der Waals surface area contributed by atoms with Crippen LogP contribution in [0.3, 0.4) is 0 Å². The Hall–Kier alpha value is -2.24. The smallest absolute Gasteiger partial charge is 0.300 e. The lowest BCUT2D eigenvalue weighted by Crippen LogP contribution is -2.49. The van der Waals surface area contributed by atoms with Crippen LogP contribution in [0.1, 0.15) is 12.8 Å². The average Bonchev–Trinajstić information content (AvgIpc) is 2.90. The van der Waals surface area contributed by atoms with Crippen molar-refractivity contribution in [2.75, 3.05) is 0 Å². The number of nitrogens with two attached hydrogens (primary N) is 2. The Kier molecular flexibility index (Phi) is 6.36. The molecule has 1 heterocycles. The molecule has 0 saturated heterocycles. The fraction of sp³-hybridized carbons (Fsp3) is 0.333. The van der Waals surface area contributed by atoms with Crippen LogP contribution in [-0.4, -0.2) is 32.4 Å². The summed E-state index contributed by atoms with van der Waals surface area (Å²) in [5.41, 5.74) is 10.3. The first-order valence-corrected chi connectivity index (χ1v) is 6.26. The molecule has 20 heavy (non-hydrogen) atoms. The van der Waals surface area contributed by atoms with Gasteiger partial charge in [-0.15, -0.1) is 0 Å². The van der Waals surface area contributed by atoms with Crippen LogP contribution in [0.2, 0.25) is 0 Å². The molecule has 1 unspecified atom stereocenters. The largest absolute Gasteiger partial charge is 0.368 e. The van der Waals surface area contributed by atoms with E-state index >= 15 is 0 Å². The summed E-state index contributed by atoms with van der Waals surface area (Å²) in [5.74, 6) is 3.67. The SMILES string of the molecule is NC(=O)C(N)C(=S)NC(=O)C#CCCCn1ccnc1. The quantitative estimate of drug-likeness (QED) is 0.363. The van der Waals surface area contributed by atoms with Crippen molar-refractivity contribution in [3.63, 3.8) is 0 Å². The molecule has 0 spiro atoms. The van der Waals surface area contributed by atoms with E-state index in [2.05, 4.69) is 22.1 Å². The summed E-state index contributed by atoms with van der Waals surface area (Å²) in [7, 11) is 0. The monoisotopic (exact) mass is 293 g/mol. The van der Waals surface area contributed by atoms with E-state index in [1.807, 2.05) is 10.8 Å². The molecule has 0 fully saturated rings. The number of nitrogens with zero attached hydrogens (tertiary/aromatic N) is 2. The number of aromatic nitrogens is 2. The van der Waals surface area contributed by atoms with Crippen LogP contribution in [0.15, 0.2) is 18.7 Å². The number of imidazole rings is 1. The van der Waals surface area contributed by atoms with Gasteiger partial charge in [0, 0.05) is 25.4 Å². The molecule has 0 saturated carbocycles. The molecule has 0 aromatic carbocycles. The van der Waals surface area contributed by atoms with Crippen molar-refractivity contribution in [1.82, 2.24) is 14.9 Å². The van der Waals surface area contributed by atoms with E-state index in [0.717, 1.165) is 13.0 Å². The molecular formula is C12H15N5O2S. The van der Waals surface area contributed by atoms with Crippen molar-refractivity contribution in [3.8, 4) is 11.8 Å². The number of amides is 2. The molecule has 0 aliphatic heterocycles. The molecule has 106 valence electrons. The molecule has 8 heteroatoms. The fourth-order valence-corrected chi connectivity index (χ4v) is 1.47. The molecule has 1 rings (SSSR count). The molecule has 0 aliphatic rings. The number of carbonyl (C=O) groups excluding carboxylic acids is 2. The van der Waals surface area contributed by atoms with Crippen LogP contribution in [0.5, 0.6) is 0 Å². The lowest BCUT2D eigenvalue weighted by atomic mass is 10.3. The van der Waals surface area contributed by atoms with Crippen molar-refractivity contribution >= 4 is 29.0 Å². The normalized spacial score (nSPS) is 11.1. The Morgan fingerprint density at radius 1 is 1.50 bits per heavy atom. The van der Waals surface area contributed by atoms with Gasteiger partial charge in [-0.05, 0) is 12.3 Å². The Morgan fingerprint density at radius 3 is 2.85 bits per heavy atom. The van der Waals surface area contributed by atoms with Crippen LogP contribution in [0.4, 0.5) is 0 Å². The van der Waals surface area contributed by atoms with Gasteiger partial charge in [-0.2, -0.15) is 0 Å². The number of hydrogen-bond acceptors (Lipinski definition) is 5. The van der Waals surface area contributed by atoms with E-state index in [9.17, 15) is 9.59 Å². The highest BCUT2D eigenvalue weighted by molar-refractivity contribution is 7.80. The first kappa shape index (κ1) is 15.8. The van der Waals surface area contributed by atoms with Crippen LogP contribution in [0.25, 0.3) is 0 Å². The number of carbonyl (C=O) groups is 2. The summed E-state index contributed by atoms with van der Waals surface area (Å²) >= 11 is 4.75. The van der Waals surface area contributed by atoms with Crippen LogP contribution < -0.4 is 16.8 Å². The number of primary amides is 1. The summed E-state index contributed by atoms with van der Waals surface area (Å²) in [6, 6.07) is -1.18. The van der Waals surface area contributed by atoms with E-state index in [1.54, 1.807) is 12.5 Å². The predicted molar refractivity (Wildman–Crippen MR) is 77.1 cm³/mol. The van der Waals surface area contributed by atoms with Crippen molar-refractivity contribution in [2.24, 2.45) is 11.5 Å². The van der Waals surface area contributed by atoms with Crippen molar-refractivity contribution in [1.29, 1.82) is 0 Å². The molecule has 1 aromatic rings. The maximum absolute atomic E-state index is 11.4. The number of aryl methyl sites for hydroxylation is 1. The van der Waals surface area contributed by atoms with Crippen molar-refractivity contribution < 1.29 is 9.59 Å². The third-order valence-corrected chi connectivity index (χ3v) is 2.66. The standard InChI is InChI=1S/C12H15N5O2S/c13-10(11(14)19)12(20)16-9(18)4-2-1-3-6-17-7-5-15-8-17/h5,7-8,10H,1,3,6,13H2,(H2,14,19)(H,16,18,20). The second-order valence-electron chi connectivity index (χ2n) is 3.90. The van der Waals surface area contributed by atoms with Gasteiger partial charge in [-0.1, -0.05) is 18.1 Å². The van der Waals surface area contributed by atoms with E-state index in [0.29, 0.717) is 6.42 Å². The topological polar surface area (TPSA) is 116 Å². The van der Waals surface area contributed by atoms with Gasteiger partial charge in [0.1, 0.15) is 11.0 Å². The zero-order valence-corrected chi connectivity index (χ0v) is 11.5. The van der Waals surface area contributed by atoms with Crippen LogP contribution in [0, 0.1) is 11.8 Å². The van der Waals surface area contributed by atoms with Gasteiger partial charge in [0.25, 0.3) is 0 Å². The summed E-state index contributed by atoms with van der Waals surface area (Å²) in [6.45, 7) is 0.779. The molecule has 0 radical (unpaired) electrons. The third kappa shape index (κ3) is 5.60. The number of rotatable bonds is 5. The molecule has 0 aliphatic carbocycles. The van der Waals surface area contributed by atoms with Gasteiger partial charge in [0.2, 0.25) is 5.91 Å². The lowest BCUT2D eigenvalue weighted by Gasteiger charge is -2.08. The Morgan fingerprint density at radius 2 is 2.25 bits per heavy atom. The zero-order valence-electron chi connectivity index (χ0n) is 10.7. The second kappa shape index (κ2) is 8.04. The summed E-state index contributed by atoms with van der Waals surface area (Å²) in [4.78, 5) is 25.9. The van der Waals surface area contributed by atoms with Crippen molar-refractivity contribution in [2.45, 2.75) is 25.4 Å². The molecule has 2 amide bonds. The van der Waals surface area contributed by atoms with E-state index in [1.165, 1.54) is 0 Å². The van der Waals surface area contributed by atoms with Crippen LogP contribution in [-0.2, 0) is 16.1 Å². The van der Waals surface area contributed by atoms with E-state index < -0.39 is 17.9 Å². The maximum Gasteiger partial charge on any atom is 0.300 e. The van der Waals surface area contributed by atoms with Crippen molar-refractivity contribution in [3.05, 3.63) is 18.7 Å². The summed E-state index contributed by atoms with van der Waals surface area (Å²) < 4.78 is 1.92. The molecule has 0 bridgehead atoms. The Labute approximate surface area is 121 Å². The highest BCUT2D eigenvalue weighted by Crippen LogP contribution is 1.93. The number of unbranched alkanes of at least 4 members (excludes halogenated alkanes) is 1. The van der Waals surface area contributed by atoms with Crippen LogP contribution >= 0.6 is 12.2 Å². The second-order valence-corrected chi connectivity index (χ2v) is 4.34. The number of nitrogens with one attached hydrogen (secondary N) is 1. The minimum absolute atomic E-state index is 0.129. The Bertz CT molecular complexity index is 544. The van der Waals surface area contributed by atoms with E-state index in [-0.39, 0.29) is 4.99 Å². The molecule has 1 aromatic heterocycles. The minimum Gasteiger partial charge on any atom is -0.368 e. The lowest BCUT2D eigenvalue weighted by molar-refractivity contribution is -0.117. The molecule has 5 N–H and O–H groups in total. The number of hydrogen-bond donors (Lipinski definition) is 3. The van der Waals surface area contributed by atoms with Gasteiger partial charge in [0.05, 0.1) is 6.33 Å². The Balaban J connectivity index is 2.27. The maximum atomic E-state index is 11.4. The molecule has 7 nitrogen and oxygen atoms in total. The summed E-state index contributed by atoms with van der Waals surface area (Å²) in [5, 5.41) is 2.24. The average molecular weight is 293 g/mol. The number of thiocarbonyl (C=S) groups is 1. The highest BCUT2D eigenvalue weighted by atomic mass is 32.1. The minimum atomic E-state index is -1.18. The van der Waals surface area contributed by atoms with Gasteiger partial charge >= 0.3 is 5.91 Å². The highest BCUT2D eigenvalue weighted by Gasteiger charge is 2.16. The summed E-state index contributed by atoms with van der Waals surface area (Å²) in [6.07, 6.45) is 6.61. The molecule has 1 atom stereocenters. The van der Waals surface area contributed by atoms with Gasteiger partial charge < -0.3 is 21.4 Å². The molecular weight excluding hydrogens is 278 g/mol. The zero-order chi connectivity index (χ0) is 15.0. The third-order valence-electron chi connectivity index (χ3n) is 2.30. The first-order chi connectivity index (χ1) is 9.50. The van der Waals surface area contributed by atoms with Gasteiger partial charge in [-0.3, -0.25) is 9.59 Å². The van der Waals surface area contributed by atoms with Gasteiger partial charge in [0.15, 0.2) is 0 Å². The van der Waals surface area contributed by atoms with E-state index in [4.69, 9.17) is 23.7 Å².